The van der Waals surface area contributed by atoms with Gasteiger partial charge in [-0.3, -0.25) is 4.79 Å². The first-order chi connectivity index (χ1) is 9.13. The Labute approximate surface area is 111 Å². The van der Waals surface area contributed by atoms with Gasteiger partial charge in [-0.05, 0) is 18.6 Å². The average Bonchev–Trinajstić information content (AvgIpc) is 2.46. The number of carbonyl (C=O) groups excluding carboxylic acids is 1. The van der Waals surface area contributed by atoms with Gasteiger partial charge >= 0.3 is 5.97 Å². The quantitative estimate of drug-likeness (QED) is 0.900. The Hall–Kier alpha value is -1.88. The second kappa shape index (κ2) is 5.84. The van der Waals surface area contributed by atoms with Gasteiger partial charge in [0.1, 0.15) is 0 Å². The molecule has 1 atom stereocenters. The summed E-state index contributed by atoms with van der Waals surface area (Å²) >= 11 is 0. The van der Waals surface area contributed by atoms with Crippen LogP contribution in [0, 0.1) is 0 Å². The maximum absolute atomic E-state index is 12.4. The molecule has 19 heavy (non-hydrogen) atoms. The number of hydrogen-bond donors (Lipinski definition) is 1. The number of carboxylic acids is 1. The molecule has 2 rings (SSSR count). The minimum absolute atomic E-state index is 0.0368. The van der Waals surface area contributed by atoms with Gasteiger partial charge in [0.05, 0.1) is 23.8 Å². The molecule has 0 aromatic heterocycles. The summed E-state index contributed by atoms with van der Waals surface area (Å²) in [4.78, 5) is 25.2. The number of rotatable bonds is 3. The van der Waals surface area contributed by atoms with Crippen molar-refractivity contribution in [1.29, 1.82) is 0 Å². The molecule has 1 aromatic rings. The van der Waals surface area contributed by atoms with Crippen LogP contribution in [-0.4, -0.2) is 47.7 Å². The van der Waals surface area contributed by atoms with Crippen LogP contribution in [0.15, 0.2) is 24.3 Å². The first kappa shape index (κ1) is 13.5. The molecule has 5 nitrogen and oxygen atoms in total. The zero-order chi connectivity index (χ0) is 13.8. The molecule has 5 heteroatoms. The number of hydrogen-bond acceptors (Lipinski definition) is 3. The molecule has 1 aliphatic rings. The molecule has 1 unspecified atom stereocenters. The van der Waals surface area contributed by atoms with E-state index in [1.165, 1.54) is 6.07 Å². The third-order valence-corrected chi connectivity index (χ3v) is 3.27. The Morgan fingerprint density at radius 3 is 2.68 bits per heavy atom. The lowest BCUT2D eigenvalue weighted by molar-refractivity contribution is -0.0226. The molecule has 1 fully saturated rings. The van der Waals surface area contributed by atoms with Crippen molar-refractivity contribution in [2.75, 3.05) is 19.7 Å². The Morgan fingerprint density at radius 1 is 1.37 bits per heavy atom. The molecule has 0 saturated carbocycles. The van der Waals surface area contributed by atoms with Gasteiger partial charge in [0.15, 0.2) is 0 Å². The molecule has 0 spiro atoms. The van der Waals surface area contributed by atoms with Gasteiger partial charge in [-0.1, -0.05) is 19.1 Å². The third kappa shape index (κ3) is 2.93. The smallest absolute Gasteiger partial charge is 0.336 e. The van der Waals surface area contributed by atoms with Crippen molar-refractivity contribution in [2.45, 2.75) is 19.4 Å². The number of morpholine rings is 1. The van der Waals surface area contributed by atoms with Gasteiger partial charge in [0, 0.05) is 13.1 Å². The largest absolute Gasteiger partial charge is 0.478 e. The van der Waals surface area contributed by atoms with Crippen molar-refractivity contribution >= 4 is 11.9 Å². The van der Waals surface area contributed by atoms with Crippen molar-refractivity contribution in [3.8, 4) is 0 Å². The third-order valence-electron chi connectivity index (χ3n) is 3.27. The summed E-state index contributed by atoms with van der Waals surface area (Å²) < 4.78 is 5.51. The van der Waals surface area contributed by atoms with Gasteiger partial charge < -0.3 is 14.7 Å². The number of benzene rings is 1. The maximum Gasteiger partial charge on any atom is 0.336 e. The number of nitrogens with zero attached hydrogens (tertiary/aromatic N) is 1. The van der Waals surface area contributed by atoms with Crippen LogP contribution in [0.1, 0.15) is 34.1 Å². The Kier molecular flexibility index (Phi) is 4.16. The van der Waals surface area contributed by atoms with E-state index in [-0.39, 0.29) is 23.1 Å². The minimum Gasteiger partial charge on any atom is -0.478 e. The Morgan fingerprint density at radius 2 is 2.05 bits per heavy atom. The van der Waals surface area contributed by atoms with E-state index in [4.69, 9.17) is 9.84 Å². The van der Waals surface area contributed by atoms with Crippen LogP contribution in [0.25, 0.3) is 0 Å². The number of amides is 1. The van der Waals surface area contributed by atoms with Crippen LogP contribution in [0.2, 0.25) is 0 Å². The second-order valence-electron chi connectivity index (χ2n) is 4.50. The lowest BCUT2D eigenvalue weighted by Crippen LogP contribution is -2.45. The van der Waals surface area contributed by atoms with Crippen molar-refractivity contribution in [3.05, 3.63) is 35.4 Å². The standard InChI is InChI=1S/C14H17NO4/c1-2-10-9-15(7-8-19-10)13(16)11-5-3-4-6-12(11)14(17)18/h3-6,10H,2,7-9H2,1H3,(H,17,18). The highest BCUT2D eigenvalue weighted by Gasteiger charge is 2.26. The van der Waals surface area contributed by atoms with Crippen molar-refractivity contribution in [1.82, 2.24) is 4.90 Å². The minimum atomic E-state index is -1.08. The van der Waals surface area contributed by atoms with E-state index in [1.54, 1.807) is 23.1 Å². The monoisotopic (exact) mass is 263 g/mol. The van der Waals surface area contributed by atoms with Crippen LogP contribution in [0.5, 0.6) is 0 Å². The van der Waals surface area contributed by atoms with Gasteiger partial charge in [-0.25, -0.2) is 4.79 Å². The maximum atomic E-state index is 12.4. The van der Waals surface area contributed by atoms with Crippen molar-refractivity contribution < 1.29 is 19.4 Å². The van der Waals surface area contributed by atoms with Crippen LogP contribution >= 0.6 is 0 Å². The van der Waals surface area contributed by atoms with E-state index < -0.39 is 5.97 Å². The zero-order valence-electron chi connectivity index (χ0n) is 10.8. The van der Waals surface area contributed by atoms with E-state index in [1.807, 2.05) is 6.92 Å². The molecule has 1 aromatic carbocycles. The van der Waals surface area contributed by atoms with Gasteiger partial charge in [-0.15, -0.1) is 0 Å². The normalized spacial score (nSPS) is 19.2. The molecule has 102 valence electrons. The summed E-state index contributed by atoms with van der Waals surface area (Å²) in [6, 6.07) is 6.31. The number of ether oxygens (including phenoxy) is 1. The molecule has 0 bridgehead atoms. The van der Waals surface area contributed by atoms with Crippen LogP contribution in [0.4, 0.5) is 0 Å². The lowest BCUT2D eigenvalue weighted by Gasteiger charge is -2.32. The fraction of sp³-hybridized carbons (Fsp3) is 0.429. The second-order valence-corrected chi connectivity index (χ2v) is 4.50. The summed E-state index contributed by atoms with van der Waals surface area (Å²) in [5.41, 5.74) is 0.291. The summed E-state index contributed by atoms with van der Waals surface area (Å²) in [5.74, 6) is -1.32. The molecule has 1 N–H and O–H groups in total. The highest BCUT2D eigenvalue weighted by atomic mass is 16.5. The Bertz CT molecular complexity index is 486. The summed E-state index contributed by atoms with van der Waals surface area (Å²) in [7, 11) is 0. The molecule has 1 amide bonds. The highest BCUT2D eigenvalue weighted by Crippen LogP contribution is 2.15. The van der Waals surface area contributed by atoms with Gasteiger partial charge in [0.2, 0.25) is 0 Å². The first-order valence-corrected chi connectivity index (χ1v) is 6.36. The fourth-order valence-electron chi connectivity index (χ4n) is 2.18. The molecule has 0 radical (unpaired) electrons. The summed E-state index contributed by atoms with van der Waals surface area (Å²) in [5, 5.41) is 9.12. The van der Waals surface area contributed by atoms with E-state index in [0.717, 1.165) is 6.42 Å². The van der Waals surface area contributed by atoms with Gasteiger partial charge in [-0.2, -0.15) is 0 Å². The molecular formula is C14H17NO4. The van der Waals surface area contributed by atoms with E-state index in [9.17, 15) is 9.59 Å². The van der Waals surface area contributed by atoms with Gasteiger partial charge in [0.25, 0.3) is 5.91 Å². The Balaban J connectivity index is 2.22. The SMILES string of the molecule is CCC1CN(C(=O)c2ccccc2C(=O)O)CCO1. The van der Waals surface area contributed by atoms with Crippen LogP contribution in [0.3, 0.4) is 0 Å². The predicted octanol–water partition coefficient (Wildman–Crippen LogP) is 1.64. The lowest BCUT2D eigenvalue weighted by atomic mass is 10.1. The van der Waals surface area contributed by atoms with E-state index in [2.05, 4.69) is 0 Å². The summed E-state index contributed by atoms with van der Waals surface area (Å²) in [6.45, 7) is 3.52. The first-order valence-electron chi connectivity index (χ1n) is 6.36. The predicted molar refractivity (Wildman–Crippen MR) is 69.3 cm³/mol. The average molecular weight is 263 g/mol. The van der Waals surface area contributed by atoms with E-state index >= 15 is 0 Å². The topological polar surface area (TPSA) is 66.8 Å². The summed E-state index contributed by atoms with van der Waals surface area (Å²) in [6.07, 6.45) is 0.874. The number of aromatic carboxylic acids is 1. The van der Waals surface area contributed by atoms with Crippen molar-refractivity contribution in [3.63, 3.8) is 0 Å². The number of carbonyl (C=O) groups is 2. The molecule has 1 heterocycles. The molecular weight excluding hydrogens is 246 g/mol. The molecule has 0 aliphatic carbocycles. The van der Waals surface area contributed by atoms with Crippen molar-refractivity contribution in [2.24, 2.45) is 0 Å². The zero-order valence-corrected chi connectivity index (χ0v) is 10.8. The van der Waals surface area contributed by atoms with Crippen LogP contribution < -0.4 is 0 Å². The number of carboxylic acid groups (broad SMARTS) is 1. The molecule has 1 aliphatic heterocycles. The fourth-order valence-corrected chi connectivity index (χ4v) is 2.18. The van der Waals surface area contributed by atoms with Crippen LogP contribution in [-0.2, 0) is 4.74 Å². The highest BCUT2D eigenvalue weighted by molar-refractivity contribution is 6.04. The molecule has 1 saturated heterocycles. The van der Waals surface area contributed by atoms with E-state index in [0.29, 0.717) is 19.7 Å².